The van der Waals surface area contributed by atoms with Gasteiger partial charge in [-0.1, -0.05) is 30.6 Å². The molecule has 4 aliphatic carbocycles. The van der Waals surface area contributed by atoms with Crippen molar-refractivity contribution in [3.8, 4) is 18.1 Å². The Hall–Kier alpha value is -2.64. The number of ether oxygens (including phenoxy) is 1. The molecule has 4 nitrogen and oxygen atoms in total. The number of rotatable bonds is 3. The van der Waals surface area contributed by atoms with E-state index in [0.717, 1.165) is 44.1 Å². The SMILES string of the molecule is C#C[C@]1(O)CC[C@H]2[C@@H]3CCC4=CC(=O)CCC4=C3[C@@H](c3ccc(OC(C)=O)cc3)C[C@@]21CC. The molecule has 0 heterocycles. The van der Waals surface area contributed by atoms with Crippen LogP contribution in [0.2, 0.25) is 0 Å². The first-order chi connectivity index (χ1) is 15.8. The Bertz CT molecular complexity index is 1100. The number of carbonyl (C=O) groups is 2. The van der Waals surface area contributed by atoms with E-state index in [2.05, 4.69) is 12.8 Å². The first-order valence-corrected chi connectivity index (χ1v) is 12.3. The highest BCUT2D eigenvalue weighted by Crippen LogP contribution is 2.67. The van der Waals surface area contributed by atoms with Crippen LogP contribution in [-0.2, 0) is 9.59 Å². The maximum Gasteiger partial charge on any atom is 0.308 e. The number of hydrogen-bond acceptors (Lipinski definition) is 4. The standard InChI is InChI=1S/C29H32O4/c1-4-28-17-25(19-6-10-22(11-7-19)33-18(3)30)27-23-13-9-21(31)16-20(23)8-12-24(27)26(28)14-15-29(28,32)5-2/h2,6-7,10-11,16,24-26,32H,4,8-9,12-15,17H2,1,3H3/t24-,25+,26-,28-,29-/m0/s1. The molecule has 1 aromatic carbocycles. The molecule has 0 saturated heterocycles. The second-order valence-corrected chi connectivity index (χ2v) is 10.3. The zero-order valence-electron chi connectivity index (χ0n) is 19.5. The first-order valence-electron chi connectivity index (χ1n) is 12.3. The fraction of sp³-hybridized carbons (Fsp3) is 0.517. The number of aliphatic hydroxyl groups is 1. The average Bonchev–Trinajstić information content (AvgIpc) is 3.11. The summed E-state index contributed by atoms with van der Waals surface area (Å²) >= 11 is 0. The number of hydrogen-bond donors (Lipinski definition) is 1. The van der Waals surface area contributed by atoms with E-state index in [0.29, 0.717) is 30.4 Å². The van der Waals surface area contributed by atoms with Crippen LogP contribution in [0.1, 0.15) is 76.7 Å². The first kappa shape index (κ1) is 22.2. The van der Waals surface area contributed by atoms with Crippen molar-refractivity contribution < 1.29 is 19.4 Å². The van der Waals surface area contributed by atoms with Gasteiger partial charge in [-0.2, -0.15) is 0 Å². The molecule has 1 N–H and O–H groups in total. The molecule has 0 bridgehead atoms. The lowest BCUT2D eigenvalue weighted by Gasteiger charge is -2.55. The number of terminal acetylenes is 1. The van der Waals surface area contributed by atoms with E-state index in [1.807, 2.05) is 30.3 Å². The van der Waals surface area contributed by atoms with Crippen molar-refractivity contribution >= 4 is 11.8 Å². The Labute approximate surface area is 196 Å². The molecule has 4 heteroatoms. The Morgan fingerprint density at radius 1 is 1.21 bits per heavy atom. The van der Waals surface area contributed by atoms with Gasteiger partial charge in [0.25, 0.3) is 0 Å². The number of fused-ring (bicyclic) bond motifs is 4. The van der Waals surface area contributed by atoms with Gasteiger partial charge in [-0.25, -0.2) is 0 Å². The van der Waals surface area contributed by atoms with Crippen molar-refractivity contribution in [2.24, 2.45) is 17.3 Å². The predicted octanol–water partition coefficient (Wildman–Crippen LogP) is 5.27. The van der Waals surface area contributed by atoms with E-state index in [-0.39, 0.29) is 23.1 Å². The van der Waals surface area contributed by atoms with Crippen LogP contribution < -0.4 is 4.74 Å². The van der Waals surface area contributed by atoms with Gasteiger partial charge in [0.15, 0.2) is 5.78 Å². The van der Waals surface area contributed by atoms with Crippen LogP contribution in [0.15, 0.2) is 47.1 Å². The second kappa shape index (κ2) is 7.99. The lowest BCUT2D eigenvalue weighted by Crippen LogP contribution is -2.52. The highest BCUT2D eigenvalue weighted by molar-refractivity contribution is 5.93. The fourth-order valence-electron chi connectivity index (χ4n) is 7.62. The summed E-state index contributed by atoms with van der Waals surface area (Å²) in [5.41, 5.74) is 3.82. The summed E-state index contributed by atoms with van der Waals surface area (Å²) in [7, 11) is 0. The van der Waals surface area contributed by atoms with E-state index in [9.17, 15) is 14.7 Å². The van der Waals surface area contributed by atoms with E-state index < -0.39 is 5.60 Å². The molecule has 0 unspecified atom stereocenters. The molecule has 2 saturated carbocycles. The van der Waals surface area contributed by atoms with Gasteiger partial charge in [0, 0.05) is 24.7 Å². The van der Waals surface area contributed by atoms with Gasteiger partial charge < -0.3 is 9.84 Å². The molecule has 1 aromatic rings. The zero-order valence-corrected chi connectivity index (χ0v) is 19.5. The highest BCUT2D eigenvalue weighted by atomic mass is 16.5. The molecule has 0 aromatic heterocycles. The molecule has 0 aliphatic heterocycles. The van der Waals surface area contributed by atoms with Crippen LogP contribution in [0.4, 0.5) is 0 Å². The minimum Gasteiger partial charge on any atom is -0.427 e. The summed E-state index contributed by atoms with van der Waals surface area (Å²) in [6.45, 7) is 3.57. The van der Waals surface area contributed by atoms with E-state index >= 15 is 0 Å². The third-order valence-corrected chi connectivity index (χ3v) is 9.01. The molecule has 0 amide bonds. The van der Waals surface area contributed by atoms with Crippen LogP contribution in [0.25, 0.3) is 0 Å². The summed E-state index contributed by atoms with van der Waals surface area (Å²) in [5, 5.41) is 11.6. The maximum absolute atomic E-state index is 12.2. The van der Waals surface area contributed by atoms with Crippen LogP contribution in [-0.4, -0.2) is 22.5 Å². The van der Waals surface area contributed by atoms with Gasteiger partial charge >= 0.3 is 5.97 Å². The quantitative estimate of drug-likeness (QED) is 0.392. The lowest BCUT2D eigenvalue weighted by atomic mass is 9.50. The summed E-state index contributed by atoms with van der Waals surface area (Å²) < 4.78 is 5.26. The van der Waals surface area contributed by atoms with Gasteiger partial charge in [0.1, 0.15) is 11.4 Å². The second-order valence-electron chi connectivity index (χ2n) is 10.3. The fourth-order valence-corrected chi connectivity index (χ4v) is 7.62. The van der Waals surface area contributed by atoms with Crippen molar-refractivity contribution in [1.29, 1.82) is 0 Å². The molecule has 0 spiro atoms. The van der Waals surface area contributed by atoms with Crippen LogP contribution in [0.3, 0.4) is 0 Å². The third kappa shape index (κ3) is 3.32. The van der Waals surface area contributed by atoms with Crippen molar-refractivity contribution in [2.45, 2.75) is 76.7 Å². The Morgan fingerprint density at radius 3 is 2.64 bits per heavy atom. The van der Waals surface area contributed by atoms with E-state index in [1.165, 1.54) is 23.6 Å². The molecule has 5 atom stereocenters. The van der Waals surface area contributed by atoms with Crippen molar-refractivity contribution in [3.63, 3.8) is 0 Å². The van der Waals surface area contributed by atoms with Gasteiger partial charge in [-0.05, 0) is 91.7 Å². The van der Waals surface area contributed by atoms with Crippen LogP contribution >= 0.6 is 0 Å². The normalized spacial score (nSPS) is 35.2. The van der Waals surface area contributed by atoms with Crippen molar-refractivity contribution in [3.05, 3.63) is 52.6 Å². The van der Waals surface area contributed by atoms with Gasteiger partial charge in [-0.15, -0.1) is 6.42 Å². The number of allylic oxidation sites excluding steroid dienone is 4. The minimum absolute atomic E-state index is 0.127. The summed E-state index contributed by atoms with van der Waals surface area (Å²) in [6.07, 6.45) is 14.4. The summed E-state index contributed by atoms with van der Waals surface area (Å²) in [5.74, 6) is 4.11. The topological polar surface area (TPSA) is 63.6 Å². The predicted molar refractivity (Wildman–Crippen MR) is 126 cm³/mol. The summed E-state index contributed by atoms with van der Waals surface area (Å²) in [4.78, 5) is 23.5. The van der Waals surface area contributed by atoms with Gasteiger partial charge in [-0.3, -0.25) is 9.59 Å². The Balaban J connectivity index is 1.66. The molecule has 2 fully saturated rings. The minimum atomic E-state index is -1.09. The molecule has 4 aliphatic rings. The zero-order chi connectivity index (χ0) is 23.4. The molecule has 33 heavy (non-hydrogen) atoms. The van der Waals surface area contributed by atoms with Crippen molar-refractivity contribution in [1.82, 2.24) is 0 Å². The largest absolute Gasteiger partial charge is 0.427 e. The van der Waals surface area contributed by atoms with Crippen LogP contribution in [0, 0.1) is 29.6 Å². The monoisotopic (exact) mass is 444 g/mol. The van der Waals surface area contributed by atoms with Gasteiger partial charge in [0.05, 0.1) is 0 Å². The van der Waals surface area contributed by atoms with E-state index in [1.54, 1.807) is 0 Å². The number of ketones is 1. The third-order valence-electron chi connectivity index (χ3n) is 9.01. The van der Waals surface area contributed by atoms with Gasteiger partial charge in [0.2, 0.25) is 0 Å². The molecular formula is C29H32O4. The van der Waals surface area contributed by atoms with Crippen molar-refractivity contribution in [2.75, 3.05) is 0 Å². The number of benzene rings is 1. The number of carbonyl (C=O) groups excluding carboxylic acids is 2. The smallest absolute Gasteiger partial charge is 0.308 e. The Kier molecular flexibility index (Phi) is 5.37. The Morgan fingerprint density at radius 2 is 1.97 bits per heavy atom. The average molecular weight is 445 g/mol. The summed E-state index contributed by atoms with van der Waals surface area (Å²) in [6, 6.07) is 7.81. The molecular weight excluding hydrogens is 412 g/mol. The lowest BCUT2D eigenvalue weighted by molar-refractivity contribution is -0.131. The van der Waals surface area contributed by atoms with E-state index in [4.69, 9.17) is 11.2 Å². The molecule has 5 rings (SSSR count). The highest BCUT2D eigenvalue weighted by Gasteiger charge is 2.63. The van der Waals surface area contributed by atoms with Crippen LogP contribution in [0.5, 0.6) is 5.75 Å². The number of esters is 1. The molecule has 0 radical (unpaired) electrons. The molecule has 172 valence electrons. The maximum atomic E-state index is 12.2.